The van der Waals surface area contributed by atoms with Crippen molar-refractivity contribution >= 4 is 0 Å². The van der Waals surface area contributed by atoms with Gasteiger partial charge in [0.25, 0.3) is 0 Å². The molecule has 0 saturated carbocycles. The minimum absolute atomic E-state index is 0.376. The summed E-state index contributed by atoms with van der Waals surface area (Å²) in [5, 5.41) is 7.97. The molecule has 1 N–H and O–H groups in total. The Morgan fingerprint density at radius 3 is 3.06 bits per heavy atom. The molecule has 102 valence electrons. The minimum atomic E-state index is 0.376. The second-order valence-electron chi connectivity index (χ2n) is 5.02. The molecular formula is C14H25N3O. The maximum Gasteiger partial charge on any atom is 0.0732 e. The van der Waals surface area contributed by atoms with Crippen molar-refractivity contribution in [3.8, 4) is 0 Å². The summed E-state index contributed by atoms with van der Waals surface area (Å²) in [7, 11) is 0. The van der Waals surface area contributed by atoms with Crippen molar-refractivity contribution in [3.63, 3.8) is 0 Å². The Morgan fingerprint density at radius 2 is 2.44 bits per heavy atom. The summed E-state index contributed by atoms with van der Waals surface area (Å²) in [6.07, 6.45) is 9.07. The maximum absolute atomic E-state index is 5.83. The molecule has 18 heavy (non-hydrogen) atoms. The van der Waals surface area contributed by atoms with Crippen LogP contribution in [0.25, 0.3) is 0 Å². The summed E-state index contributed by atoms with van der Waals surface area (Å²) in [6.45, 7) is 7.24. The van der Waals surface area contributed by atoms with Crippen LogP contribution in [0, 0.1) is 0 Å². The third-order valence-corrected chi connectivity index (χ3v) is 3.54. The van der Waals surface area contributed by atoms with Crippen molar-refractivity contribution in [2.45, 2.75) is 58.2 Å². The van der Waals surface area contributed by atoms with Crippen molar-refractivity contribution in [1.82, 2.24) is 15.1 Å². The largest absolute Gasteiger partial charge is 0.377 e. The van der Waals surface area contributed by atoms with Crippen LogP contribution < -0.4 is 5.32 Å². The van der Waals surface area contributed by atoms with Crippen molar-refractivity contribution < 1.29 is 4.74 Å². The molecule has 4 nitrogen and oxygen atoms in total. The Kier molecular flexibility index (Phi) is 5.20. The van der Waals surface area contributed by atoms with E-state index in [-0.39, 0.29) is 0 Å². The van der Waals surface area contributed by atoms with Gasteiger partial charge in [-0.2, -0.15) is 5.10 Å². The smallest absolute Gasteiger partial charge is 0.0732 e. The molecule has 0 amide bonds. The van der Waals surface area contributed by atoms with Crippen LogP contribution in [0.5, 0.6) is 0 Å². The van der Waals surface area contributed by atoms with Crippen LogP contribution >= 0.6 is 0 Å². The molecule has 1 fully saturated rings. The number of hydrogen-bond acceptors (Lipinski definition) is 3. The second kappa shape index (κ2) is 6.90. The average Bonchev–Trinajstić information content (AvgIpc) is 3.05. The molecule has 1 saturated heterocycles. The molecule has 1 aromatic heterocycles. The van der Waals surface area contributed by atoms with Gasteiger partial charge in [-0.1, -0.05) is 6.92 Å². The number of nitrogens with zero attached hydrogens (tertiary/aromatic N) is 2. The number of aryl methyl sites for hydroxylation is 1. The first-order chi connectivity index (χ1) is 8.83. The predicted molar refractivity (Wildman–Crippen MR) is 72.7 cm³/mol. The highest BCUT2D eigenvalue weighted by atomic mass is 16.5. The monoisotopic (exact) mass is 251 g/mol. The van der Waals surface area contributed by atoms with Crippen LogP contribution in [0.4, 0.5) is 0 Å². The van der Waals surface area contributed by atoms with Crippen LogP contribution in [-0.2, 0) is 17.7 Å². The van der Waals surface area contributed by atoms with E-state index < -0.39 is 0 Å². The van der Waals surface area contributed by atoms with E-state index in [0.717, 1.165) is 32.5 Å². The Hall–Kier alpha value is -0.870. The number of ether oxygens (including phenoxy) is 1. The van der Waals surface area contributed by atoms with E-state index in [9.17, 15) is 0 Å². The van der Waals surface area contributed by atoms with E-state index in [2.05, 4.69) is 30.5 Å². The van der Waals surface area contributed by atoms with E-state index in [0.29, 0.717) is 12.1 Å². The molecule has 0 aliphatic carbocycles. The van der Waals surface area contributed by atoms with Gasteiger partial charge in [-0.25, -0.2) is 0 Å². The first kappa shape index (κ1) is 13.6. The highest BCUT2D eigenvalue weighted by Crippen LogP contribution is 2.18. The van der Waals surface area contributed by atoms with Gasteiger partial charge in [0.15, 0.2) is 0 Å². The molecule has 2 rings (SSSR count). The highest BCUT2D eigenvalue weighted by molar-refractivity contribution is 5.07. The zero-order valence-corrected chi connectivity index (χ0v) is 11.6. The van der Waals surface area contributed by atoms with Gasteiger partial charge >= 0.3 is 0 Å². The quantitative estimate of drug-likeness (QED) is 0.805. The van der Waals surface area contributed by atoms with E-state index in [1.54, 1.807) is 0 Å². The number of nitrogens with one attached hydrogen (secondary N) is 1. The van der Waals surface area contributed by atoms with Gasteiger partial charge in [-0.05, 0) is 44.7 Å². The maximum atomic E-state index is 5.83. The summed E-state index contributed by atoms with van der Waals surface area (Å²) in [5.41, 5.74) is 1.31. The molecule has 1 aromatic rings. The van der Waals surface area contributed by atoms with Gasteiger partial charge in [-0.15, -0.1) is 0 Å². The Labute approximate surface area is 110 Å². The van der Waals surface area contributed by atoms with Gasteiger partial charge in [-0.3, -0.25) is 4.68 Å². The van der Waals surface area contributed by atoms with Crippen LogP contribution in [0.1, 0.15) is 38.7 Å². The van der Waals surface area contributed by atoms with Crippen LogP contribution in [0.3, 0.4) is 0 Å². The molecular weight excluding hydrogens is 226 g/mol. The second-order valence-corrected chi connectivity index (χ2v) is 5.02. The van der Waals surface area contributed by atoms with E-state index in [4.69, 9.17) is 4.74 Å². The zero-order valence-electron chi connectivity index (χ0n) is 11.6. The molecule has 1 aliphatic heterocycles. The topological polar surface area (TPSA) is 39.1 Å². The van der Waals surface area contributed by atoms with Crippen molar-refractivity contribution in [3.05, 3.63) is 18.0 Å². The fourth-order valence-corrected chi connectivity index (χ4v) is 2.52. The summed E-state index contributed by atoms with van der Waals surface area (Å²) in [4.78, 5) is 0. The molecule has 0 aromatic carbocycles. The first-order valence-corrected chi connectivity index (χ1v) is 7.19. The lowest BCUT2D eigenvalue weighted by Gasteiger charge is -2.23. The molecule has 0 bridgehead atoms. The van der Waals surface area contributed by atoms with Crippen LogP contribution in [-0.4, -0.2) is 35.1 Å². The number of rotatable bonds is 7. The first-order valence-electron chi connectivity index (χ1n) is 7.19. The molecule has 4 heteroatoms. The molecule has 2 heterocycles. The molecule has 2 unspecified atom stereocenters. The molecule has 0 spiro atoms. The lowest BCUT2D eigenvalue weighted by Crippen LogP contribution is -2.41. The fourth-order valence-electron chi connectivity index (χ4n) is 2.52. The zero-order chi connectivity index (χ0) is 12.8. The standard InChI is InChI=1S/C14H25N3O/c1-3-7-15-13(14-6-5-8-18-14)9-12-10-16-17(4-2)11-12/h10-11,13-15H,3-9H2,1-2H3. The summed E-state index contributed by atoms with van der Waals surface area (Å²) in [6, 6.07) is 0.432. The van der Waals surface area contributed by atoms with Crippen LogP contribution in [0.15, 0.2) is 12.4 Å². The lowest BCUT2D eigenvalue weighted by molar-refractivity contribution is 0.0784. The normalized spacial score (nSPS) is 21.3. The Balaban J connectivity index is 1.94. The predicted octanol–water partition coefficient (Wildman–Crippen LogP) is 1.99. The lowest BCUT2D eigenvalue weighted by atomic mass is 10.0. The van der Waals surface area contributed by atoms with Gasteiger partial charge < -0.3 is 10.1 Å². The van der Waals surface area contributed by atoms with Gasteiger partial charge in [0, 0.05) is 25.4 Å². The highest BCUT2D eigenvalue weighted by Gasteiger charge is 2.25. The Bertz CT molecular complexity index is 345. The third-order valence-electron chi connectivity index (χ3n) is 3.54. The molecule has 0 radical (unpaired) electrons. The number of hydrogen-bond donors (Lipinski definition) is 1. The van der Waals surface area contributed by atoms with Gasteiger partial charge in [0.1, 0.15) is 0 Å². The average molecular weight is 251 g/mol. The molecule has 2 atom stereocenters. The minimum Gasteiger partial charge on any atom is -0.377 e. The van der Waals surface area contributed by atoms with Crippen LogP contribution in [0.2, 0.25) is 0 Å². The third kappa shape index (κ3) is 3.56. The summed E-state index contributed by atoms with van der Waals surface area (Å²) in [5.74, 6) is 0. The van der Waals surface area contributed by atoms with Crippen molar-refractivity contribution in [2.24, 2.45) is 0 Å². The fraction of sp³-hybridized carbons (Fsp3) is 0.786. The van der Waals surface area contributed by atoms with Crippen molar-refractivity contribution in [2.75, 3.05) is 13.2 Å². The van der Waals surface area contributed by atoms with Gasteiger partial charge in [0.05, 0.1) is 12.3 Å². The van der Waals surface area contributed by atoms with E-state index >= 15 is 0 Å². The summed E-state index contributed by atoms with van der Waals surface area (Å²) < 4.78 is 7.82. The molecule has 1 aliphatic rings. The van der Waals surface area contributed by atoms with E-state index in [1.807, 2.05) is 10.9 Å². The van der Waals surface area contributed by atoms with E-state index in [1.165, 1.54) is 18.4 Å². The number of aromatic nitrogens is 2. The SMILES string of the molecule is CCCNC(Cc1cnn(CC)c1)C1CCCO1. The van der Waals surface area contributed by atoms with Crippen molar-refractivity contribution in [1.29, 1.82) is 0 Å². The van der Waals surface area contributed by atoms with Gasteiger partial charge in [0.2, 0.25) is 0 Å². The Morgan fingerprint density at radius 1 is 1.56 bits per heavy atom. The summed E-state index contributed by atoms with van der Waals surface area (Å²) >= 11 is 0.